The Morgan fingerprint density at radius 3 is 2.47 bits per heavy atom. The van der Waals surface area contributed by atoms with E-state index in [1.807, 2.05) is 6.92 Å². The lowest BCUT2D eigenvalue weighted by atomic mass is 9.94. The molecule has 0 radical (unpaired) electrons. The van der Waals surface area contributed by atoms with Crippen molar-refractivity contribution in [2.75, 3.05) is 26.2 Å². The van der Waals surface area contributed by atoms with E-state index in [4.69, 9.17) is 0 Å². The monoisotopic (exact) mass is 268 g/mol. The zero-order chi connectivity index (χ0) is 14.0. The van der Waals surface area contributed by atoms with Crippen molar-refractivity contribution in [3.05, 3.63) is 0 Å². The van der Waals surface area contributed by atoms with Gasteiger partial charge < -0.3 is 10.0 Å². The molecule has 19 heavy (non-hydrogen) atoms. The minimum atomic E-state index is -0.644. The lowest BCUT2D eigenvalue weighted by Crippen LogP contribution is -2.55. The van der Waals surface area contributed by atoms with Crippen molar-refractivity contribution in [2.24, 2.45) is 5.92 Å². The average Bonchev–Trinajstić information content (AvgIpc) is 2.73. The highest BCUT2D eigenvalue weighted by molar-refractivity contribution is 5.78. The molecule has 0 aliphatic carbocycles. The van der Waals surface area contributed by atoms with Crippen LogP contribution in [0.2, 0.25) is 0 Å². The van der Waals surface area contributed by atoms with Gasteiger partial charge in [0.15, 0.2) is 0 Å². The molecule has 0 bridgehead atoms. The Balaban J connectivity index is 1.92. The molecule has 2 rings (SSSR count). The number of hydrogen-bond donors (Lipinski definition) is 1. The summed E-state index contributed by atoms with van der Waals surface area (Å²) >= 11 is 0. The Bertz CT molecular complexity index is 324. The van der Waals surface area contributed by atoms with E-state index in [1.54, 1.807) is 0 Å². The third kappa shape index (κ3) is 3.11. The van der Waals surface area contributed by atoms with Crippen LogP contribution in [0.3, 0.4) is 0 Å². The molecule has 1 N–H and O–H groups in total. The molecule has 2 fully saturated rings. The molecule has 0 aromatic rings. The van der Waals surface area contributed by atoms with Crippen molar-refractivity contribution in [1.82, 2.24) is 9.80 Å². The van der Waals surface area contributed by atoms with E-state index in [-0.39, 0.29) is 0 Å². The maximum atomic E-state index is 11.5. The van der Waals surface area contributed by atoms with Crippen LogP contribution in [0.15, 0.2) is 0 Å². The summed E-state index contributed by atoms with van der Waals surface area (Å²) in [5, 5.41) is 9.49. The van der Waals surface area contributed by atoms with Gasteiger partial charge in [-0.25, -0.2) is 0 Å². The minimum absolute atomic E-state index is 0.465. The van der Waals surface area contributed by atoms with Gasteiger partial charge in [0, 0.05) is 12.6 Å². The fraction of sp³-hybridized carbons (Fsp3) is 0.933. The van der Waals surface area contributed by atoms with Gasteiger partial charge in [0.05, 0.1) is 0 Å². The normalized spacial score (nSPS) is 31.2. The fourth-order valence-corrected chi connectivity index (χ4v) is 3.73. The van der Waals surface area contributed by atoms with Crippen LogP contribution in [0, 0.1) is 5.92 Å². The number of carbonyl (C=O) groups is 1. The van der Waals surface area contributed by atoms with Gasteiger partial charge in [-0.05, 0) is 58.2 Å². The number of hydrogen-bond acceptors (Lipinski definition) is 3. The maximum Gasteiger partial charge on any atom is 0.323 e. The van der Waals surface area contributed by atoms with Crippen LogP contribution in [0.4, 0.5) is 0 Å². The number of aliphatic carboxylic acids is 1. The van der Waals surface area contributed by atoms with Crippen molar-refractivity contribution in [1.29, 1.82) is 0 Å². The molecule has 4 nitrogen and oxygen atoms in total. The number of rotatable bonds is 4. The van der Waals surface area contributed by atoms with E-state index < -0.39 is 11.5 Å². The van der Waals surface area contributed by atoms with Gasteiger partial charge in [-0.2, -0.15) is 0 Å². The molecule has 0 amide bonds. The summed E-state index contributed by atoms with van der Waals surface area (Å²) < 4.78 is 0. The molecule has 0 saturated carbocycles. The Morgan fingerprint density at radius 2 is 1.95 bits per heavy atom. The van der Waals surface area contributed by atoms with E-state index in [2.05, 4.69) is 23.6 Å². The highest BCUT2D eigenvalue weighted by atomic mass is 16.4. The summed E-state index contributed by atoms with van der Waals surface area (Å²) in [5.41, 5.74) is -0.620. The predicted octanol–water partition coefficient (Wildman–Crippen LogP) is 2.05. The van der Waals surface area contributed by atoms with Crippen LogP contribution in [0.5, 0.6) is 0 Å². The summed E-state index contributed by atoms with van der Waals surface area (Å²) in [6.07, 6.45) is 4.06. The van der Waals surface area contributed by atoms with E-state index in [0.717, 1.165) is 45.3 Å². The highest BCUT2D eigenvalue weighted by Crippen LogP contribution is 2.34. The van der Waals surface area contributed by atoms with Gasteiger partial charge in [0.1, 0.15) is 5.54 Å². The van der Waals surface area contributed by atoms with Gasteiger partial charge in [-0.3, -0.25) is 9.69 Å². The summed E-state index contributed by atoms with van der Waals surface area (Å²) in [4.78, 5) is 16.3. The van der Waals surface area contributed by atoms with Crippen LogP contribution >= 0.6 is 0 Å². The third-order valence-corrected chi connectivity index (χ3v) is 4.78. The summed E-state index contributed by atoms with van der Waals surface area (Å²) in [7, 11) is 0. The van der Waals surface area contributed by atoms with Gasteiger partial charge in [-0.1, -0.05) is 13.8 Å². The molecule has 0 aromatic carbocycles. The van der Waals surface area contributed by atoms with Crippen LogP contribution in [-0.2, 0) is 4.79 Å². The number of likely N-dealkylation sites (tertiary alicyclic amines) is 2. The predicted molar refractivity (Wildman–Crippen MR) is 76.3 cm³/mol. The first-order valence-electron chi connectivity index (χ1n) is 7.66. The molecule has 110 valence electrons. The molecule has 2 saturated heterocycles. The zero-order valence-corrected chi connectivity index (χ0v) is 12.6. The highest BCUT2D eigenvalue weighted by Gasteiger charge is 2.46. The standard InChI is InChI=1S/C15H28N2O2/c1-12(2)11-16-9-5-13(6-10-16)17-8-4-7-15(17,3)14(18)19/h12-13H,4-11H2,1-3H3,(H,18,19). The molecule has 0 aromatic heterocycles. The molecular weight excluding hydrogens is 240 g/mol. The molecule has 2 aliphatic rings. The number of carboxylic acid groups (broad SMARTS) is 1. The van der Waals surface area contributed by atoms with Gasteiger partial charge in [0.2, 0.25) is 0 Å². The van der Waals surface area contributed by atoms with Crippen LogP contribution in [0.1, 0.15) is 46.5 Å². The maximum absolute atomic E-state index is 11.5. The van der Waals surface area contributed by atoms with E-state index in [1.165, 1.54) is 6.54 Å². The smallest absolute Gasteiger partial charge is 0.323 e. The number of carboxylic acids is 1. The second kappa shape index (κ2) is 5.80. The van der Waals surface area contributed by atoms with Crippen molar-refractivity contribution in [3.8, 4) is 0 Å². The Hall–Kier alpha value is -0.610. The molecule has 2 aliphatic heterocycles. The summed E-state index contributed by atoms with van der Waals surface area (Å²) in [6.45, 7) is 10.8. The Labute approximate surface area is 116 Å². The van der Waals surface area contributed by atoms with E-state index in [9.17, 15) is 9.90 Å². The molecule has 1 atom stereocenters. The van der Waals surface area contributed by atoms with E-state index in [0.29, 0.717) is 12.0 Å². The van der Waals surface area contributed by atoms with Crippen LogP contribution in [0.25, 0.3) is 0 Å². The van der Waals surface area contributed by atoms with Gasteiger partial charge in [0.25, 0.3) is 0 Å². The lowest BCUT2D eigenvalue weighted by molar-refractivity contribution is -0.150. The first-order valence-corrected chi connectivity index (χ1v) is 7.66. The quantitative estimate of drug-likeness (QED) is 0.847. The Morgan fingerprint density at radius 1 is 1.32 bits per heavy atom. The summed E-state index contributed by atoms with van der Waals surface area (Å²) in [5.74, 6) is 0.0715. The number of nitrogens with zero attached hydrogens (tertiary/aromatic N) is 2. The molecule has 2 heterocycles. The van der Waals surface area contributed by atoms with Crippen LogP contribution < -0.4 is 0 Å². The van der Waals surface area contributed by atoms with Crippen molar-refractivity contribution in [2.45, 2.75) is 58.0 Å². The van der Waals surface area contributed by atoms with Crippen molar-refractivity contribution >= 4 is 5.97 Å². The van der Waals surface area contributed by atoms with Gasteiger partial charge in [-0.15, -0.1) is 0 Å². The second-order valence-corrected chi connectivity index (χ2v) is 6.80. The number of piperidine rings is 1. The average molecular weight is 268 g/mol. The lowest BCUT2D eigenvalue weighted by Gasteiger charge is -2.42. The molecule has 4 heteroatoms. The molecule has 1 unspecified atom stereocenters. The topological polar surface area (TPSA) is 43.8 Å². The second-order valence-electron chi connectivity index (χ2n) is 6.80. The zero-order valence-electron chi connectivity index (χ0n) is 12.6. The molecule has 0 spiro atoms. The molecular formula is C15H28N2O2. The van der Waals surface area contributed by atoms with E-state index >= 15 is 0 Å². The van der Waals surface area contributed by atoms with Crippen molar-refractivity contribution in [3.63, 3.8) is 0 Å². The van der Waals surface area contributed by atoms with Crippen LogP contribution in [-0.4, -0.2) is 58.6 Å². The first kappa shape index (κ1) is 14.8. The largest absolute Gasteiger partial charge is 0.480 e. The first-order chi connectivity index (χ1) is 8.93. The SMILES string of the molecule is CC(C)CN1CCC(N2CCCC2(C)C(=O)O)CC1. The fourth-order valence-electron chi connectivity index (χ4n) is 3.73. The summed E-state index contributed by atoms with van der Waals surface area (Å²) in [6, 6.07) is 0.465. The third-order valence-electron chi connectivity index (χ3n) is 4.78. The Kier molecular flexibility index (Phi) is 4.51. The van der Waals surface area contributed by atoms with Crippen molar-refractivity contribution < 1.29 is 9.90 Å². The minimum Gasteiger partial charge on any atom is -0.480 e. The van der Waals surface area contributed by atoms with Gasteiger partial charge >= 0.3 is 5.97 Å².